The summed E-state index contributed by atoms with van der Waals surface area (Å²) in [5.41, 5.74) is 6.74. The summed E-state index contributed by atoms with van der Waals surface area (Å²) >= 11 is 0. The number of likely N-dealkylation sites (N-methyl/N-ethyl adjacent to an activating group) is 1. The first-order valence-corrected chi connectivity index (χ1v) is 7.83. The van der Waals surface area contributed by atoms with E-state index in [1.165, 1.54) is 12.8 Å². The fourth-order valence-corrected chi connectivity index (χ4v) is 3.62. The molecule has 1 aromatic carbocycles. The van der Waals surface area contributed by atoms with Crippen LogP contribution in [0.5, 0.6) is 0 Å². The van der Waals surface area contributed by atoms with Crippen LogP contribution in [0, 0.1) is 11.6 Å². The maximum absolute atomic E-state index is 13.9. The fraction of sp³-hybridized carbons (Fsp3) is 0.647. The highest BCUT2D eigenvalue weighted by Crippen LogP contribution is 2.34. The summed E-state index contributed by atoms with van der Waals surface area (Å²) in [6, 6.07) is 4.15. The zero-order valence-electron chi connectivity index (χ0n) is 13.0. The lowest BCUT2D eigenvalue weighted by molar-refractivity contribution is 0.0964. The summed E-state index contributed by atoms with van der Waals surface area (Å²) in [6.45, 7) is 0. The van der Waals surface area contributed by atoms with Crippen LogP contribution in [0.15, 0.2) is 18.2 Å². The van der Waals surface area contributed by atoms with Crippen molar-refractivity contribution in [2.24, 2.45) is 5.73 Å². The molecule has 0 bridgehead atoms. The second-order valence-electron chi connectivity index (χ2n) is 6.44. The minimum Gasteiger partial charge on any atom is -0.326 e. The van der Waals surface area contributed by atoms with Crippen molar-refractivity contribution in [3.8, 4) is 0 Å². The molecule has 0 radical (unpaired) electrons. The Bertz CT molecular complexity index is 466. The molecule has 2 nitrogen and oxygen atoms in total. The van der Waals surface area contributed by atoms with Gasteiger partial charge in [-0.2, -0.15) is 0 Å². The first kappa shape index (κ1) is 16.4. The molecule has 0 heterocycles. The van der Waals surface area contributed by atoms with Crippen LogP contribution in [-0.2, 0) is 6.42 Å². The van der Waals surface area contributed by atoms with Gasteiger partial charge in [-0.15, -0.1) is 0 Å². The highest BCUT2D eigenvalue weighted by atomic mass is 19.2. The molecule has 1 atom stereocenters. The molecule has 1 aromatic rings. The van der Waals surface area contributed by atoms with Gasteiger partial charge in [0.15, 0.2) is 11.6 Å². The van der Waals surface area contributed by atoms with Crippen LogP contribution in [0.2, 0.25) is 0 Å². The van der Waals surface area contributed by atoms with Gasteiger partial charge in [0.25, 0.3) is 0 Å². The molecule has 2 rings (SSSR count). The Balaban J connectivity index is 2.22. The minimum absolute atomic E-state index is 0.116. The Hall–Kier alpha value is -1.00. The zero-order chi connectivity index (χ0) is 15.5. The van der Waals surface area contributed by atoms with Crippen molar-refractivity contribution < 1.29 is 8.78 Å². The van der Waals surface area contributed by atoms with Crippen LogP contribution >= 0.6 is 0 Å². The highest BCUT2D eigenvalue weighted by Gasteiger charge is 2.39. The van der Waals surface area contributed by atoms with Crippen LogP contribution in [0.25, 0.3) is 0 Å². The van der Waals surface area contributed by atoms with Gasteiger partial charge in [-0.05, 0) is 45.0 Å². The molecule has 0 spiro atoms. The Kier molecular flexibility index (Phi) is 5.33. The predicted molar refractivity (Wildman–Crippen MR) is 82.2 cm³/mol. The molecule has 0 aromatic heterocycles. The lowest BCUT2D eigenvalue weighted by Crippen LogP contribution is -2.58. The third kappa shape index (κ3) is 3.43. The van der Waals surface area contributed by atoms with Gasteiger partial charge in [0.2, 0.25) is 0 Å². The van der Waals surface area contributed by atoms with Crippen LogP contribution in [0.1, 0.15) is 44.1 Å². The lowest BCUT2D eigenvalue weighted by Gasteiger charge is -2.44. The van der Waals surface area contributed by atoms with Gasteiger partial charge in [-0.3, -0.25) is 0 Å². The summed E-state index contributed by atoms with van der Waals surface area (Å²) in [5.74, 6) is -1.55. The van der Waals surface area contributed by atoms with Crippen molar-refractivity contribution in [2.75, 3.05) is 14.1 Å². The molecule has 4 heteroatoms. The Labute approximate surface area is 126 Å². The van der Waals surface area contributed by atoms with E-state index in [9.17, 15) is 8.78 Å². The fourth-order valence-electron chi connectivity index (χ4n) is 3.62. The van der Waals surface area contributed by atoms with E-state index < -0.39 is 11.6 Å². The van der Waals surface area contributed by atoms with E-state index in [4.69, 9.17) is 5.73 Å². The minimum atomic E-state index is -0.792. The first-order valence-electron chi connectivity index (χ1n) is 7.83. The molecule has 1 fully saturated rings. The van der Waals surface area contributed by atoms with Crippen LogP contribution in [0.3, 0.4) is 0 Å². The Morgan fingerprint density at radius 2 is 1.76 bits per heavy atom. The second kappa shape index (κ2) is 6.84. The molecular weight excluding hydrogens is 270 g/mol. The number of hydrogen-bond acceptors (Lipinski definition) is 2. The average molecular weight is 296 g/mol. The molecule has 0 aliphatic heterocycles. The largest absolute Gasteiger partial charge is 0.326 e. The van der Waals surface area contributed by atoms with Gasteiger partial charge in [-0.1, -0.05) is 37.8 Å². The maximum atomic E-state index is 13.9. The van der Waals surface area contributed by atoms with Gasteiger partial charge in [0.1, 0.15) is 0 Å². The Morgan fingerprint density at radius 1 is 1.14 bits per heavy atom. The maximum Gasteiger partial charge on any atom is 0.162 e. The molecule has 118 valence electrons. The average Bonchev–Trinajstić information content (AvgIpc) is 2.70. The molecule has 21 heavy (non-hydrogen) atoms. The van der Waals surface area contributed by atoms with E-state index in [0.29, 0.717) is 12.0 Å². The van der Waals surface area contributed by atoms with Crippen molar-refractivity contribution in [3.05, 3.63) is 35.4 Å². The van der Waals surface area contributed by atoms with Crippen molar-refractivity contribution in [2.45, 2.75) is 56.5 Å². The van der Waals surface area contributed by atoms with E-state index >= 15 is 0 Å². The summed E-state index contributed by atoms with van der Waals surface area (Å²) in [7, 11) is 4.10. The predicted octanol–water partition coefficient (Wildman–Crippen LogP) is 3.49. The molecule has 1 aliphatic rings. The van der Waals surface area contributed by atoms with Gasteiger partial charge < -0.3 is 10.6 Å². The highest BCUT2D eigenvalue weighted by molar-refractivity contribution is 5.21. The quantitative estimate of drug-likeness (QED) is 0.862. The summed E-state index contributed by atoms with van der Waals surface area (Å²) in [6.07, 6.45) is 7.19. The molecule has 1 saturated carbocycles. The molecule has 1 aliphatic carbocycles. The number of nitrogens with two attached hydrogens (primary N) is 1. The number of benzene rings is 1. The van der Waals surface area contributed by atoms with E-state index in [-0.39, 0.29) is 11.6 Å². The van der Waals surface area contributed by atoms with Crippen LogP contribution < -0.4 is 5.73 Å². The van der Waals surface area contributed by atoms with Crippen LogP contribution in [0.4, 0.5) is 8.78 Å². The summed E-state index contributed by atoms with van der Waals surface area (Å²) in [4.78, 5) is 2.19. The molecule has 1 unspecified atom stereocenters. The number of hydrogen-bond donors (Lipinski definition) is 1. The van der Waals surface area contributed by atoms with Crippen LogP contribution in [-0.4, -0.2) is 30.6 Å². The Morgan fingerprint density at radius 3 is 2.33 bits per heavy atom. The summed E-state index contributed by atoms with van der Waals surface area (Å²) < 4.78 is 27.3. The monoisotopic (exact) mass is 296 g/mol. The van der Waals surface area contributed by atoms with Crippen molar-refractivity contribution in [1.82, 2.24) is 4.90 Å². The summed E-state index contributed by atoms with van der Waals surface area (Å²) in [5, 5.41) is 0. The SMILES string of the molecule is CN(C)C1(C(N)Cc2cccc(F)c2F)CCCCCC1. The first-order chi connectivity index (χ1) is 9.97. The molecule has 0 amide bonds. The van der Waals surface area contributed by atoms with E-state index in [2.05, 4.69) is 4.90 Å². The smallest absolute Gasteiger partial charge is 0.162 e. The normalized spacial score (nSPS) is 20.3. The number of rotatable bonds is 4. The third-order valence-corrected chi connectivity index (χ3v) is 5.02. The third-order valence-electron chi connectivity index (χ3n) is 5.02. The van der Waals surface area contributed by atoms with Crippen molar-refractivity contribution in [3.63, 3.8) is 0 Å². The van der Waals surface area contributed by atoms with E-state index in [1.807, 2.05) is 14.1 Å². The molecular formula is C17H26F2N2. The lowest BCUT2D eigenvalue weighted by atomic mass is 9.79. The standard InChI is InChI=1S/C17H26F2N2/c1-21(2)17(10-5-3-4-6-11-17)15(20)12-13-8-7-9-14(18)16(13)19/h7-9,15H,3-6,10-12,20H2,1-2H3. The van der Waals surface area contributed by atoms with E-state index in [0.717, 1.165) is 31.7 Å². The second-order valence-corrected chi connectivity index (χ2v) is 6.44. The number of nitrogens with zero attached hydrogens (tertiary/aromatic N) is 1. The molecule has 0 saturated heterocycles. The van der Waals surface area contributed by atoms with Crippen molar-refractivity contribution >= 4 is 0 Å². The van der Waals surface area contributed by atoms with Gasteiger partial charge in [0.05, 0.1) is 0 Å². The van der Waals surface area contributed by atoms with Crippen molar-refractivity contribution in [1.29, 1.82) is 0 Å². The van der Waals surface area contributed by atoms with Gasteiger partial charge in [-0.25, -0.2) is 8.78 Å². The topological polar surface area (TPSA) is 29.3 Å². The number of halogens is 2. The van der Waals surface area contributed by atoms with E-state index in [1.54, 1.807) is 12.1 Å². The zero-order valence-corrected chi connectivity index (χ0v) is 13.0. The van der Waals surface area contributed by atoms with Gasteiger partial charge >= 0.3 is 0 Å². The van der Waals surface area contributed by atoms with Gasteiger partial charge in [0, 0.05) is 11.6 Å². The molecule has 2 N–H and O–H groups in total.